The van der Waals surface area contributed by atoms with Crippen LogP contribution in [0.5, 0.6) is 0 Å². The van der Waals surface area contributed by atoms with E-state index in [0.29, 0.717) is 6.42 Å². The van der Waals surface area contributed by atoms with Crippen LogP contribution in [0.4, 0.5) is 16.2 Å². The van der Waals surface area contributed by atoms with Gasteiger partial charge >= 0.3 is 6.03 Å². The third-order valence-electron chi connectivity index (χ3n) is 5.24. The Morgan fingerprint density at radius 1 is 0.900 bits per heavy atom. The zero-order chi connectivity index (χ0) is 22.0. The number of rotatable bonds is 2. The minimum atomic E-state index is -0.457. The molecule has 0 radical (unpaired) electrons. The molecule has 2 aromatic rings. The van der Waals surface area contributed by atoms with Gasteiger partial charge in [0.2, 0.25) is 5.91 Å². The van der Waals surface area contributed by atoms with Gasteiger partial charge in [0.1, 0.15) is 0 Å². The van der Waals surface area contributed by atoms with Crippen molar-refractivity contribution in [2.24, 2.45) is 0 Å². The standard InChI is InChI=1S/C20H22N4O2.2C2H6/c25-18-15-20(11-13-23(14-12-20)17-9-5-2-6-10-17)24(22-18)19(26)21-16-7-3-1-4-8-16;2*1-2/h1-10H,11-15H2,(H,21,26)(H,22,25);2*1-2H3. The highest BCUT2D eigenvalue weighted by molar-refractivity contribution is 5.94. The Bertz CT molecular complexity index is 787. The average molecular weight is 411 g/mol. The van der Waals surface area contributed by atoms with Crippen LogP contribution < -0.4 is 15.6 Å². The van der Waals surface area contributed by atoms with Crippen LogP contribution in [0.15, 0.2) is 60.7 Å². The first-order valence-corrected chi connectivity index (χ1v) is 10.9. The van der Waals surface area contributed by atoms with Crippen molar-refractivity contribution in [3.8, 4) is 0 Å². The third-order valence-corrected chi connectivity index (χ3v) is 5.24. The second-order valence-corrected chi connectivity index (χ2v) is 6.89. The highest BCUT2D eigenvalue weighted by Gasteiger charge is 2.49. The molecule has 1 spiro atoms. The molecule has 162 valence electrons. The van der Waals surface area contributed by atoms with E-state index in [1.165, 1.54) is 10.7 Å². The van der Waals surface area contributed by atoms with Gasteiger partial charge in [0, 0.05) is 24.5 Å². The maximum absolute atomic E-state index is 12.8. The van der Waals surface area contributed by atoms with Crippen molar-refractivity contribution in [2.75, 3.05) is 23.3 Å². The minimum Gasteiger partial charge on any atom is -0.371 e. The Morgan fingerprint density at radius 2 is 1.43 bits per heavy atom. The predicted molar refractivity (Wildman–Crippen MR) is 123 cm³/mol. The monoisotopic (exact) mass is 410 g/mol. The van der Waals surface area contributed by atoms with Crippen LogP contribution in [-0.4, -0.2) is 35.6 Å². The Labute approximate surface area is 180 Å². The number of carbonyl (C=O) groups is 2. The van der Waals surface area contributed by atoms with Crippen molar-refractivity contribution in [3.05, 3.63) is 60.7 Å². The van der Waals surface area contributed by atoms with Gasteiger partial charge in [-0.25, -0.2) is 9.80 Å². The Morgan fingerprint density at radius 3 is 2.00 bits per heavy atom. The lowest BCUT2D eigenvalue weighted by molar-refractivity contribution is -0.120. The molecule has 2 N–H and O–H groups in total. The summed E-state index contributed by atoms with van der Waals surface area (Å²) >= 11 is 0. The highest BCUT2D eigenvalue weighted by Crippen LogP contribution is 2.36. The molecule has 4 rings (SSSR count). The molecule has 0 saturated carbocycles. The molecular weight excluding hydrogens is 376 g/mol. The summed E-state index contributed by atoms with van der Waals surface area (Å²) in [4.78, 5) is 27.2. The van der Waals surface area contributed by atoms with E-state index in [0.717, 1.165) is 31.6 Å². The van der Waals surface area contributed by atoms with Crippen LogP contribution in [0.3, 0.4) is 0 Å². The Hall–Kier alpha value is -3.02. The maximum Gasteiger partial charge on any atom is 0.341 e. The normalized spacial score (nSPS) is 16.6. The molecule has 0 aliphatic carbocycles. The van der Waals surface area contributed by atoms with Gasteiger partial charge in [-0.2, -0.15) is 0 Å². The predicted octanol–water partition coefficient (Wildman–Crippen LogP) is 5.05. The number of nitrogens with one attached hydrogen (secondary N) is 2. The molecule has 0 atom stereocenters. The van der Waals surface area contributed by atoms with Gasteiger partial charge in [0.25, 0.3) is 0 Å². The van der Waals surface area contributed by atoms with E-state index in [1.807, 2.05) is 76.2 Å². The number of benzene rings is 2. The number of urea groups is 1. The van der Waals surface area contributed by atoms with Gasteiger partial charge in [0.05, 0.1) is 12.0 Å². The van der Waals surface area contributed by atoms with Crippen molar-refractivity contribution in [3.63, 3.8) is 0 Å². The van der Waals surface area contributed by atoms with Gasteiger partial charge in [-0.05, 0) is 37.1 Å². The molecule has 2 aromatic carbocycles. The number of hydrogen-bond acceptors (Lipinski definition) is 3. The summed E-state index contributed by atoms with van der Waals surface area (Å²) in [6, 6.07) is 19.3. The fraction of sp³-hybridized carbons (Fsp3) is 0.417. The van der Waals surface area contributed by atoms with Gasteiger partial charge in [-0.1, -0.05) is 64.1 Å². The van der Waals surface area contributed by atoms with Gasteiger partial charge < -0.3 is 10.2 Å². The number of amides is 3. The van der Waals surface area contributed by atoms with Crippen LogP contribution in [0.2, 0.25) is 0 Å². The maximum atomic E-state index is 12.8. The zero-order valence-electron chi connectivity index (χ0n) is 18.5. The number of para-hydroxylation sites is 2. The van der Waals surface area contributed by atoms with Crippen LogP contribution in [0.1, 0.15) is 47.0 Å². The summed E-state index contributed by atoms with van der Waals surface area (Å²) in [5, 5.41) is 4.40. The first kappa shape index (κ1) is 23.3. The molecule has 30 heavy (non-hydrogen) atoms. The molecule has 2 aliphatic rings. The summed E-state index contributed by atoms with van der Waals surface area (Å²) in [5.41, 5.74) is 4.19. The third kappa shape index (κ3) is 5.32. The summed E-state index contributed by atoms with van der Waals surface area (Å²) in [6.07, 6.45) is 1.86. The number of hydrazine groups is 1. The van der Waals surface area contributed by atoms with Crippen molar-refractivity contribution < 1.29 is 9.59 Å². The van der Waals surface area contributed by atoms with Crippen LogP contribution >= 0.6 is 0 Å². The van der Waals surface area contributed by atoms with E-state index < -0.39 is 5.54 Å². The van der Waals surface area contributed by atoms with Gasteiger partial charge in [-0.15, -0.1) is 0 Å². The summed E-state index contributed by atoms with van der Waals surface area (Å²) in [6.45, 7) is 9.63. The quantitative estimate of drug-likeness (QED) is 0.728. The second kappa shape index (κ2) is 11.2. The Balaban J connectivity index is 0.000000757. The first-order valence-electron chi connectivity index (χ1n) is 10.9. The molecule has 6 nitrogen and oxygen atoms in total. The lowest BCUT2D eigenvalue weighted by atomic mass is 9.84. The van der Waals surface area contributed by atoms with E-state index in [-0.39, 0.29) is 11.9 Å². The molecule has 3 amide bonds. The van der Waals surface area contributed by atoms with E-state index in [4.69, 9.17) is 0 Å². The fourth-order valence-corrected chi connectivity index (χ4v) is 3.85. The number of carbonyl (C=O) groups excluding carboxylic acids is 2. The van der Waals surface area contributed by atoms with Crippen molar-refractivity contribution in [2.45, 2.75) is 52.5 Å². The second-order valence-electron chi connectivity index (χ2n) is 6.89. The number of nitrogens with zero attached hydrogens (tertiary/aromatic N) is 2. The van der Waals surface area contributed by atoms with Crippen molar-refractivity contribution in [1.29, 1.82) is 0 Å². The van der Waals surface area contributed by atoms with E-state index >= 15 is 0 Å². The average Bonchev–Trinajstić information content (AvgIpc) is 3.14. The van der Waals surface area contributed by atoms with Crippen molar-refractivity contribution in [1.82, 2.24) is 10.4 Å². The number of piperidine rings is 1. The largest absolute Gasteiger partial charge is 0.371 e. The Kier molecular flexibility index (Phi) is 8.71. The lowest BCUT2D eigenvalue weighted by Gasteiger charge is -2.43. The molecule has 6 heteroatoms. The van der Waals surface area contributed by atoms with E-state index in [9.17, 15) is 9.59 Å². The molecule has 2 saturated heterocycles. The van der Waals surface area contributed by atoms with Gasteiger partial charge in [0.15, 0.2) is 0 Å². The lowest BCUT2D eigenvalue weighted by Crippen LogP contribution is -2.58. The van der Waals surface area contributed by atoms with Crippen LogP contribution in [-0.2, 0) is 4.79 Å². The molecular formula is C24H34N4O2. The smallest absolute Gasteiger partial charge is 0.341 e. The first-order chi connectivity index (χ1) is 14.7. The summed E-state index contributed by atoms with van der Waals surface area (Å²) in [5.74, 6) is -0.0960. The topological polar surface area (TPSA) is 64.7 Å². The van der Waals surface area contributed by atoms with E-state index in [1.54, 1.807) is 0 Å². The summed E-state index contributed by atoms with van der Waals surface area (Å²) < 4.78 is 0. The fourth-order valence-electron chi connectivity index (χ4n) is 3.85. The SMILES string of the molecule is CC.CC.O=C1CC2(CCN(c3ccccc3)CC2)N(C(=O)Nc2ccccc2)N1. The zero-order valence-corrected chi connectivity index (χ0v) is 18.5. The molecule has 2 heterocycles. The van der Waals surface area contributed by atoms with Gasteiger partial charge in [-0.3, -0.25) is 10.2 Å². The summed E-state index contributed by atoms with van der Waals surface area (Å²) in [7, 11) is 0. The minimum absolute atomic E-state index is 0.0960. The molecule has 2 aliphatic heterocycles. The number of hydrogen-bond donors (Lipinski definition) is 2. The molecule has 0 bridgehead atoms. The van der Waals surface area contributed by atoms with Crippen molar-refractivity contribution >= 4 is 23.3 Å². The number of anilines is 2. The van der Waals surface area contributed by atoms with Crippen LogP contribution in [0, 0.1) is 0 Å². The molecule has 0 unspecified atom stereocenters. The van der Waals surface area contributed by atoms with E-state index in [2.05, 4.69) is 27.8 Å². The molecule has 0 aromatic heterocycles. The highest BCUT2D eigenvalue weighted by atomic mass is 16.2. The van der Waals surface area contributed by atoms with Crippen LogP contribution in [0.25, 0.3) is 0 Å². The molecule has 2 fully saturated rings.